The molecule has 4 atom stereocenters. The Labute approximate surface area is 224 Å². The van der Waals surface area contributed by atoms with Gasteiger partial charge >= 0.3 is 5.97 Å². The Kier molecular flexibility index (Phi) is 8.33. The third-order valence-corrected chi connectivity index (χ3v) is 8.23. The van der Waals surface area contributed by atoms with Crippen molar-refractivity contribution in [3.05, 3.63) is 111 Å². The number of benzene rings is 3. The number of nitro groups is 1. The summed E-state index contributed by atoms with van der Waals surface area (Å²) in [6.07, 6.45) is 3.03. The molecule has 1 fully saturated rings. The second kappa shape index (κ2) is 11.5. The van der Waals surface area contributed by atoms with Crippen LogP contribution in [0.15, 0.2) is 78.9 Å². The minimum Gasteiger partial charge on any atom is -0.462 e. The predicted molar refractivity (Wildman–Crippen MR) is 147 cm³/mol. The molecular formula is C31H34ClNO4. The molecule has 0 N–H and O–H groups in total. The predicted octanol–water partition coefficient (Wildman–Crippen LogP) is 7.90. The van der Waals surface area contributed by atoms with Crippen LogP contribution in [0, 0.1) is 22.0 Å². The first-order valence-electron chi connectivity index (χ1n) is 12.9. The molecule has 1 aliphatic rings. The lowest BCUT2D eigenvalue weighted by Gasteiger charge is -2.44. The van der Waals surface area contributed by atoms with Gasteiger partial charge in [0.25, 0.3) is 5.69 Å². The van der Waals surface area contributed by atoms with Crippen molar-refractivity contribution in [1.82, 2.24) is 0 Å². The molecule has 194 valence electrons. The normalized spacial score (nSPS) is 20.7. The van der Waals surface area contributed by atoms with Crippen LogP contribution in [0.2, 0.25) is 5.02 Å². The first kappa shape index (κ1) is 26.9. The molecule has 0 aliphatic heterocycles. The van der Waals surface area contributed by atoms with E-state index in [9.17, 15) is 14.9 Å². The maximum atomic E-state index is 13.9. The molecule has 3 aromatic carbocycles. The zero-order valence-electron chi connectivity index (χ0n) is 21.6. The fourth-order valence-corrected chi connectivity index (χ4v) is 5.99. The van der Waals surface area contributed by atoms with Crippen LogP contribution in [0.1, 0.15) is 62.6 Å². The highest BCUT2D eigenvalue weighted by Crippen LogP contribution is 2.44. The highest BCUT2D eigenvalue weighted by Gasteiger charge is 2.43. The van der Waals surface area contributed by atoms with Gasteiger partial charge in [0, 0.05) is 18.1 Å². The van der Waals surface area contributed by atoms with E-state index in [-0.39, 0.29) is 34.1 Å². The van der Waals surface area contributed by atoms with Gasteiger partial charge in [-0.15, -0.1) is 0 Å². The average Bonchev–Trinajstić information content (AvgIpc) is 2.88. The van der Waals surface area contributed by atoms with E-state index in [1.165, 1.54) is 17.7 Å². The molecule has 0 unspecified atom stereocenters. The topological polar surface area (TPSA) is 69.4 Å². The van der Waals surface area contributed by atoms with Gasteiger partial charge in [0.15, 0.2) is 0 Å². The number of carbonyl (C=O) groups is 1. The summed E-state index contributed by atoms with van der Waals surface area (Å²) < 4.78 is 6.37. The number of hydrogen-bond donors (Lipinski definition) is 0. The highest BCUT2D eigenvalue weighted by molar-refractivity contribution is 6.31. The number of ether oxygens (including phenoxy) is 1. The molecule has 4 rings (SSSR count). The van der Waals surface area contributed by atoms with Crippen LogP contribution in [0.25, 0.3) is 0 Å². The van der Waals surface area contributed by atoms with Crippen LogP contribution in [0.4, 0.5) is 5.69 Å². The number of nitrogens with zero attached hydrogens (tertiary/aromatic N) is 1. The van der Waals surface area contributed by atoms with Gasteiger partial charge in [-0.25, -0.2) is 0 Å². The Bertz CT molecular complexity index is 1230. The van der Waals surface area contributed by atoms with Crippen molar-refractivity contribution in [2.75, 3.05) is 0 Å². The van der Waals surface area contributed by atoms with Crippen molar-refractivity contribution in [1.29, 1.82) is 0 Å². The van der Waals surface area contributed by atoms with E-state index in [0.717, 1.165) is 24.8 Å². The molecule has 0 spiro atoms. The molecule has 0 radical (unpaired) electrons. The standard InChI is InChI=1S/C31H34ClNO4/c1-21-14-17-27(31(2,3)23-12-8-5-9-13-23)29(18-21)37-30(34)26(19-22-10-6-4-7-11-22)25-16-15-24(33(35)36)20-28(25)32/h4-13,15-16,20-21,26-27,29H,14,17-19H2,1-3H3/t21-,26-,27-,29-/m1/s1. The number of halogens is 1. The molecular weight excluding hydrogens is 486 g/mol. The summed E-state index contributed by atoms with van der Waals surface area (Å²) in [7, 11) is 0. The minimum atomic E-state index is -0.673. The van der Waals surface area contributed by atoms with E-state index >= 15 is 0 Å². The molecule has 1 saturated carbocycles. The first-order chi connectivity index (χ1) is 17.7. The van der Waals surface area contributed by atoms with Crippen molar-refractivity contribution in [2.45, 2.75) is 63.9 Å². The van der Waals surface area contributed by atoms with Crippen molar-refractivity contribution >= 4 is 23.3 Å². The van der Waals surface area contributed by atoms with E-state index in [0.29, 0.717) is 17.9 Å². The van der Waals surface area contributed by atoms with Crippen LogP contribution in [-0.4, -0.2) is 17.0 Å². The minimum absolute atomic E-state index is 0.105. The van der Waals surface area contributed by atoms with Gasteiger partial charge in [-0.2, -0.15) is 0 Å². The molecule has 0 heterocycles. The van der Waals surface area contributed by atoms with Crippen molar-refractivity contribution < 1.29 is 14.5 Å². The van der Waals surface area contributed by atoms with Crippen molar-refractivity contribution in [3.8, 4) is 0 Å². The molecule has 1 aliphatic carbocycles. The van der Waals surface area contributed by atoms with E-state index < -0.39 is 10.8 Å². The van der Waals surface area contributed by atoms with Gasteiger partial charge in [0.2, 0.25) is 0 Å². The number of esters is 1. The van der Waals surface area contributed by atoms with Gasteiger partial charge in [-0.3, -0.25) is 14.9 Å². The Morgan fingerprint density at radius 2 is 1.70 bits per heavy atom. The molecule has 3 aromatic rings. The SMILES string of the molecule is C[C@@H]1CC[C@@H](C(C)(C)c2ccccc2)[C@H](OC(=O)[C@H](Cc2ccccc2)c2ccc([N+](=O)[O-])cc2Cl)C1. The molecule has 37 heavy (non-hydrogen) atoms. The Morgan fingerprint density at radius 3 is 2.32 bits per heavy atom. The summed E-state index contributed by atoms with van der Waals surface area (Å²) in [5.41, 5.74) is 2.47. The Morgan fingerprint density at radius 1 is 1.05 bits per heavy atom. The van der Waals surface area contributed by atoms with Gasteiger partial charge in [-0.05, 0) is 53.4 Å². The van der Waals surface area contributed by atoms with E-state index in [2.05, 4.69) is 45.0 Å². The number of nitro benzene ring substituents is 1. The molecule has 0 aromatic heterocycles. The maximum Gasteiger partial charge on any atom is 0.314 e. The quantitative estimate of drug-likeness (QED) is 0.172. The highest BCUT2D eigenvalue weighted by atomic mass is 35.5. The maximum absolute atomic E-state index is 13.9. The van der Waals surface area contributed by atoms with E-state index in [4.69, 9.17) is 16.3 Å². The lowest BCUT2D eigenvalue weighted by Crippen LogP contribution is -2.44. The zero-order chi connectivity index (χ0) is 26.6. The molecule has 0 saturated heterocycles. The zero-order valence-corrected chi connectivity index (χ0v) is 22.4. The Balaban J connectivity index is 1.65. The number of hydrogen-bond acceptors (Lipinski definition) is 4. The van der Waals surface area contributed by atoms with Crippen LogP contribution < -0.4 is 0 Å². The van der Waals surface area contributed by atoms with E-state index in [1.54, 1.807) is 6.07 Å². The second-order valence-electron chi connectivity index (χ2n) is 10.8. The van der Waals surface area contributed by atoms with Crippen LogP contribution in [0.3, 0.4) is 0 Å². The van der Waals surface area contributed by atoms with Gasteiger partial charge < -0.3 is 4.74 Å². The lowest BCUT2D eigenvalue weighted by atomic mass is 9.64. The second-order valence-corrected chi connectivity index (χ2v) is 11.2. The van der Waals surface area contributed by atoms with Crippen LogP contribution >= 0.6 is 11.6 Å². The average molecular weight is 520 g/mol. The molecule has 0 amide bonds. The molecule has 6 heteroatoms. The van der Waals surface area contributed by atoms with Crippen LogP contribution in [0.5, 0.6) is 0 Å². The van der Waals surface area contributed by atoms with Crippen molar-refractivity contribution in [2.24, 2.45) is 11.8 Å². The number of rotatable bonds is 8. The van der Waals surface area contributed by atoms with Gasteiger partial charge in [-0.1, -0.05) is 99.5 Å². The summed E-state index contributed by atoms with van der Waals surface area (Å²) in [4.78, 5) is 24.7. The summed E-state index contributed by atoms with van der Waals surface area (Å²) in [5.74, 6) is -0.392. The molecule has 0 bridgehead atoms. The van der Waals surface area contributed by atoms with Crippen LogP contribution in [-0.2, 0) is 21.4 Å². The van der Waals surface area contributed by atoms with Crippen molar-refractivity contribution in [3.63, 3.8) is 0 Å². The largest absolute Gasteiger partial charge is 0.462 e. The van der Waals surface area contributed by atoms with Gasteiger partial charge in [0.05, 0.1) is 15.9 Å². The summed E-state index contributed by atoms with van der Waals surface area (Å²) in [5, 5.41) is 11.5. The first-order valence-corrected chi connectivity index (χ1v) is 13.3. The number of non-ortho nitro benzene ring substituents is 1. The summed E-state index contributed by atoms with van der Waals surface area (Å²) in [6, 6.07) is 24.4. The smallest absolute Gasteiger partial charge is 0.314 e. The third-order valence-electron chi connectivity index (χ3n) is 7.90. The summed E-state index contributed by atoms with van der Waals surface area (Å²) in [6.45, 7) is 6.68. The van der Waals surface area contributed by atoms with Gasteiger partial charge in [0.1, 0.15) is 6.10 Å². The Hall–Kier alpha value is -3.18. The van der Waals surface area contributed by atoms with E-state index in [1.807, 2.05) is 36.4 Å². The lowest BCUT2D eigenvalue weighted by molar-refractivity contribution is -0.384. The number of carbonyl (C=O) groups excluding carboxylic acids is 1. The summed E-state index contributed by atoms with van der Waals surface area (Å²) >= 11 is 6.51. The fourth-order valence-electron chi connectivity index (χ4n) is 5.68. The third kappa shape index (κ3) is 6.22. The fraction of sp³-hybridized carbons (Fsp3) is 0.387. The molecule has 5 nitrogen and oxygen atoms in total. The monoisotopic (exact) mass is 519 g/mol.